The number of aliphatic hydroxyl groups excluding tert-OH is 1. The smallest absolute Gasteiger partial charge is 0.268 e. The number of aliphatic hydroxyl groups is 1. The maximum absolute atomic E-state index is 13.9. The lowest BCUT2D eigenvalue weighted by Gasteiger charge is -2.27. The number of para-hydroxylation sites is 1. The summed E-state index contributed by atoms with van der Waals surface area (Å²) in [6.45, 7) is 1.75. The molecule has 1 aromatic heterocycles. The summed E-state index contributed by atoms with van der Waals surface area (Å²) < 4.78 is 1.76. The Morgan fingerprint density at radius 1 is 0.653 bits per heavy atom. The van der Waals surface area contributed by atoms with E-state index in [0.717, 1.165) is 27.6 Å². The van der Waals surface area contributed by atoms with Crippen molar-refractivity contribution < 1.29 is 24.3 Å². The number of benzene rings is 4. The number of hydrogen-bond acceptors (Lipinski definition) is 5. The van der Waals surface area contributed by atoms with Crippen LogP contribution < -0.4 is 21.3 Å². The molecule has 0 fully saturated rings. The summed E-state index contributed by atoms with van der Waals surface area (Å²) in [6.07, 6.45) is -1.29. The molecule has 252 valence electrons. The molecular weight excluding hydrogens is 618 g/mol. The lowest BCUT2D eigenvalue weighted by Crippen LogP contribution is -2.58. The minimum absolute atomic E-state index is 0.136. The summed E-state index contributed by atoms with van der Waals surface area (Å²) in [7, 11) is 1.78. The van der Waals surface area contributed by atoms with Crippen molar-refractivity contribution in [3.63, 3.8) is 0 Å². The number of carbonyl (C=O) groups excluding carboxylic acids is 4. The van der Waals surface area contributed by atoms with Gasteiger partial charge in [-0.25, -0.2) is 0 Å². The van der Waals surface area contributed by atoms with E-state index in [4.69, 9.17) is 0 Å². The molecule has 0 saturated carbocycles. The summed E-state index contributed by atoms with van der Waals surface area (Å²) in [4.78, 5) is 53.8. The highest BCUT2D eigenvalue weighted by molar-refractivity contribution is 6.01. The first-order chi connectivity index (χ1) is 23.7. The van der Waals surface area contributed by atoms with Gasteiger partial charge >= 0.3 is 0 Å². The van der Waals surface area contributed by atoms with E-state index in [1.54, 1.807) is 24.6 Å². The number of aromatic nitrogens is 1. The standard InChI is InChI=1S/C39H41N5O5/c1-26(41-38(48)34-24-30-20-12-13-21-33(30)44(34)2)36(46)43-32(23-28-16-8-4-9-17-28)37(47)42-31(22-27-14-6-3-7-15-27)35(45)39(49)40-25-29-18-10-5-11-19-29/h3-21,24,26,31-32,35,45H,22-23,25H2,1-2H3,(H,40,49)(H,41,48)(H,42,47)(H,43,46)/t26-,31-,32-,35?/m0/s1. The summed E-state index contributed by atoms with van der Waals surface area (Å²) in [5.74, 6) is -2.22. The van der Waals surface area contributed by atoms with E-state index in [1.807, 2.05) is 115 Å². The Balaban J connectivity index is 1.31. The van der Waals surface area contributed by atoms with Gasteiger partial charge in [0.25, 0.3) is 11.8 Å². The summed E-state index contributed by atoms with van der Waals surface area (Å²) in [5.41, 5.74) is 3.72. The molecule has 0 bridgehead atoms. The molecule has 0 saturated heterocycles. The zero-order valence-electron chi connectivity index (χ0n) is 27.5. The van der Waals surface area contributed by atoms with Crippen LogP contribution in [0.3, 0.4) is 0 Å². The highest BCUT2D eigenvalue weighted by Crippen LogP contribution is 2.18. The van der Waals surface area contributed by atoms with E-state index in [1.165, 1.54) is 0 Å². The van der Waals surface area contributed by atoms with E-state index in [0.29, 0.717) is 5.69 Å². The zero-order chi connectivity index (χ0) is 34.8. The first-order valence-electron chi connectivity index (χ1n) is 16.2. The van der Waals surface area contributed by atoms with E-state index in [2.05, 4.69) is 21.3 Å². The van der Waals surface area contributed by atoms with Gasteiger partial charge in [0.05, 0.1) is 6.04 Å². The van der Waals surface area contributed by atoms with Gasteiger partial charge < -0.3 is 30.9 Å². The molecule has 4 aromatic carbocycles. The summed E-state index contributed by atoms with van der Waals surface area (Å²) >= 11 is 0. The van der Waals surface area contributed by atoms with Crippen molar-refractivity contribution in [3.05, 3.63) is 144 Å². The molecule has 5 aromatic rings. The number of amides is 4. The van der Waals surface area contributed by atoms with E-state index < -0.39 is 47.9 Å². The van der Waals surface area contributed by atoms with Crippen LogP contribution in [0.1, 0.15) is 34.1 Å². The number of rotatable bonds is 14. The van der Waals surface area contributed by atoms with Crippen molar-refractivity contribution in [2.24, 2.45) is 7.05 Å². The maximum Gasteiger partial charge on any atom is 0.268 e. The van der Waals surface area contributed by atoms with E-state index >= 15 is 0 Å². The van der Waals surface area contributed by atoms with Gasteiger partial charge in [-0.1, -0.05) is 109 Å². The van der Waals surface area contributed by atoms with Gasteiger partial charge in [-0.3, -0.25) is 19.2 Å². The van der Waals surface area contributed by atoms with Crippen molar-refractivity contribution in [1.29, 1.82) is 0 Å². The van der Waals surface area contributed by atoms with E-state index in [9.17, 15) is 24.3 Å². The highest BCUT2D eigenvalue weighted by Gasteiger charge is 2.32. The number of nitrogens with one attached hydrogen (secondary N) is 4. The van der Waals surface area contributed by atoms with Gasteiger partial charge in [0.1, 0.15) is 17.8 Å². The SMILES string of the molecule is C[C@H](NC(=O)c1cc2ccccc2n1C)C(=O)N[C@@H](Cc1ccccc1)C(=O)N[C@@H](Cc1ccccc1)C(O)C(=O)NCc1ccccc1. The predicted octanol–water partition coefficient (Wildman–Crippen LogP) is 3.43. The Morgan fingerprint density at radius 2 is 1.20 bits per heavy atom. The van der Waals surface area contributed by atoms with Gasteiger partial charge in [-0.05, 0) is 42.2 Å². The molecular formula is C39H41N5O5. The number of fused-ring (bicyclic) bond motifs is 1. The van der Waals surface area contributed by atoms with Crippen molar-refractivity contribution in [1.82, 2.24) is 25.8 Å². The molecule has 0 radical (unpaired) electrons. The third-order valence-electron chi connectivity index (χ3n) is 8.43. The second-order valence-corrected chi connectivity index (χ2v) is 12.0. The van der Waals surface area contributed by atoms with Crippen LogP contribution in [-0.4, -0.2) is 57.5 Å². The van der Waals surface area contributed by atoms with Crippen molar-refractivity contribution in [2.75, 3.05) is 0 Å². The largest absolute Gasteiger partial charge is 0.381 e. The number of carbonyl (C=O) groups is 4. The molecule has 49 heavy (non-hydrogen) atoms. The second kappa shape index (κ2) is 16.4. The van der Waals surface area contributed by atoms with Crippen LogP contribution in [0.25, 0.3) is 10.9 Å². The molecule has 10 nitrogen and oxygen atoms in total. The van der Waals surface area contributed by atoms with Gasteiger partial charge in [0, 0.05) is 30.9 Å². The fraction of sp³-hybridized carbons (Fsp3) is 0.231. The maximum atomic E-state index is 13.9. The van der Waals surface area contributed by atoms with Crippen molar-refractivity contribution in [3.8, 4) is 0 Å². The average molecular weight is 660 g/mol. The molecule has 0 aliphatic carbocycles. The van der Waals surface area contributed by atoms with Gasteiger partial charge in [0.2, 0.25) is 11.8 Å². The first kappa shape index (κ1) is 34.6. The first-order valence-corrected chi connectivity index (χ1v) is 16.2. The topological polar surface area (TPSA) is 142 Å². The zero-order valence-corrected chi connectivity index (χ0v) is 27.5. The predicted molar refractivity (Wildman–Crippen MR) is 188 cm³/mol. The fourth-order valence-electron chi connectivity index (χ4n) is 5.66. The monoisotopic (exact) mass is 659 g/mol. The second-order valence-electron chi connectivity index (χ2n) is 12.0. The molecule has 0 aliphatic heterocycles. The van der Waals surface area contributed by atoms with Crippen LogP contribution in [0.4, 0.5) is 0 Å². The Labute approximate surface area is 285 Å². The van der Waals surface area contributed by atoms with Crippen LogP contribution in [-0.2, 0) is 40.8 Å². The number of aryl methyl sites for hydroxylation is 1. The van der Waals surface area contributed by atoms with Crippen molar-refractivity contribution in [2.45, 2.75) is 50.5 Å². The Bertz CT molecular complexity index is 1880. The summed E-state index contributed by atoms with van der Waals surface area (Å²) in [5, 5.41) is 23.2. The van der Waals surface area contributed by atoms with Gasteiger partial charge in [-0.15, -0.1) is 0 Å². The van der Waals surface area contributed by atoms with Crippen LogP contribution in [0.5, 0.6) is 0 Å². The Kier molecular flexibility index (Phi) is 11.6. The minimum Gasteiger partial charge on any atom is -0.381 e. The molecule has 0 aliphatic rings. The molecule has 1 heterocycles. The normalized spacial score (nSPS) is 13.4. The highest BCUT2D eigenvalue weighted by atomic mass is 16.3. The third-order valence-corrected chi connectivity index (χ3v) is 8.43. The van der Waals surface area contributed by atoms with E-state index in [-0.39, 0.29) is 19.4 Å². The number of hydrogen-bond donors (Lipinski definition) is 5. The molecule has 4 amide bonds. The van der Waals surface area contributed by atoms with Crippen LogP contribution >= 0.6 is 0 Å². The third kappa shape index (κ3) is 9.21. The minimum atomic E-state index is -1.58. The van der Waals surface area contributed by atoms with Crippen molar-refractivity contribution >= 4 is 34.5 Å². The lowest BCUT2D eigenvalue weighted by molar-refractivity contribution is -0.134. The molecule has 0 spiro atoms. The Morgan fingerprint density at radius 3 is 1.82 bits per heavy atom. The number of nitrogens with zero attached hydrogens (tertiary/aromatic N) is 1. The molecule has 4 atom stereocenters. The van der Waals surface area contributed by atoms with Crippen LogP contribution in [0, 0.1) is 0 Å². The molecule has 5 rings (SSSR count). The van der Waals surface area contributed by atoms with Crippen LogP contribution in [0.2, 0.25) is 0 Å². The Hall–Kier alpha value is -5.74. The molecule has 1 unspecified atom stereocenters. The van der Waals surface area contributed by atoms with Crippen LogP contribution in [0.15, 0.2) is 121 Å². The summed E-state index contributed by atoms with van der Waals surface area (Å²) in [6, 6.07) is 34.0. The van der Waals surface area contributed by atoms with Gasteiger partial charge in [0.15, 0.2) is 6.10 Å². The average Bonchev–Trinajstić information content (AvgIpc) is 3.47. The fourth-order valence-corrected chi connectivity index (χ4v) is 5.66. The van der Waals surface area contributed by atoms with Gasteiger partial charge in [-0.2, -0.15) is 0 Å². The quantitative estimate of drug-likeness (QED) is 0.124. The lowest BCUT2D eigenvalue weighted by atomic mass is 9.99. The molecule has 10 heteroatoms. The molecule has 5 N–H and O–H groups in total.